The maximum absolute atomic E-state index is 12.3. The number of aliphatic imine (C=N–C) groups is 1. The zero-order valence-corrected chi connectivity index (χ0v) is 21.9. The van der Waals surface area contributed by atoms with Crippen LogP contribution in [0.1, 0.15) is 47.5 Å². The van der Waals surface area contributed by atoms with E-state index in [2.05, 4.69) is 15.2 Å². The normalized spacial score (nSPS) is 16.2. The molecule has 1 fully saturated rings. The molecular formula is C19H39IN4O4S. The van der Waals surface area contributed by atoms with Crippen molar-refractivity contribution >= 4 is 45.9 Å². The van der Waals surface area contributed by atoms with Gasteiger partial charge in [0.2, 0.25) is 0 Å². The van der Waals surface area contributed by atoms with Crippen LogP contribution in [0.3, 0.4) is 0 Å². The number of halogens is 1. The Bertz CT molecular complexity index is 627. The average molecular weight is 547 g/mol. The lowest BCUT2D eigenvalue weighted by Gasteiger charge is -2.36. The van der Waals surface area contributed by atoms with E-state index in [1.165, 1.54) is 6.26 Å². The highest BCUT2D eigenvalue weighted by molar-refractivity contribution is 14.0. The Labute approximate surface area is 193 Å². The number of sulfone groups is 1. The number of amides is 1. The zero-order valence-electron chi connectivity index (χ0n) is 18.7. The molecule has 0 saturated carbocycles. The highest BCUT2D eigenvalue weighted by atomic mass is 127. The minimum atomic E-state index is -3.01. The molecule has 29 heavy (non-hydrogen) atoms. The summed E-state index contributed by atoms with van der Waals surface area (Å²) >= 11 is 0. The van der Waals surface area contributed by atoms with Crippen LogP contribution in [0.25, 0.3) is 0 Å². The number of nitrogens with one attached hydrogen (secondary N) is 1. The molecule has 0 aromatic rings. The molecular weight excluding hydrogens is 507 g/mol. The van der Waals surface area contributed by atoms with E-state index in [0.717, 1.165) is 38.4 Å². The number of nitrogens with zero attached hydrogens (tertiary/aromatic N) is 3. The molecule has 10 heteroatoms. The van der Waals surface area contributed by atoms with Crippen molar-refractivity contribution in [3.05, 3.63) is 0 Å². The lowest BCUT2D eigenvalue weighted by atomic mass is 9.96. The molecule has 1 amide bonds. The number of carbonyl (C=O) groups excluding carboxylic acids is 1. The maximum Gasteiger partial charge on any atom is 0.410 e. The van der Waals surface area contributed by atoms with Crippen LogP contribution in [-0.2, 0) is 14.6 Å². The van der Waals surface area contributed by atoms with Crippen LogP contribution in [0.5, 0.6) is 0 Å². The first-order valence-corrected chi connectivity index (χ1v) is 12.2. The van der Waals surface area contributed by atoms with Gasteiger partial charge in [0.15, 0.2) is 5.96 Å². The standard InChI is InChI=1S/C19H38N4O4S.HI/c1-7-20-17(21-11-14-28(6,25)26)23-12-9-16(10-13-23)15-22(8-2)18(24)27-19(3,4)5;/h16H,7-15H2,1-6H3,(H,20,21);1H. The van der Waals surface area contributed by atoms with Crippen LogP contribution < -0.4 is 5.32 Å². The summed E-state index contributed by atoms with van der Waals surface area (Å²) in [6.07, 6.45) is 2.88. The molecule has 1 N–H and O–H groups in total. The number of rotatable bonds is 7. The van der Waals surface area contributed by atoms with Crippen molar-refractivity contribution in [2.45, 2.75) is 53.1 Å². The molecule has 0 aromatic carbocycles. The minimum Gasteiger partial charge on any atom is -0.444 e. The van der Waals surface area contributed by atoms with E-state index in [4.69, 9.17) is 4.74 Å². The number of ether oxygens (including phenoxy) is 1. The molecule has 0 aliphatic carbocycles. The van der Waals surface area contributed by atoms with Crippen molar-refractivity contribution in [3.63, 3.8) is 0 Å². The van der Waals surface area contributed by atoms with Crippen molar-refractivity contribution in [1.82, 2.24) is 15.1 Å². The zero-order chi connectivity index (χ0) is 21.4. The van der Waals surface area contributed by atoms with Crippen LogP contribution >= 0.6 is 24.0 Å². The molecule has 1 aliphatic rings. The lowest BCUT2D eigenvalue weighted by molar-refractivity contribution is 0.0214. The quantitative estimate of drug-likeness (QED) is 0.300. The summed E-state index contributed by atoms with van der Waals surface area (Å²) in [7, 11) is -3.01. The summed E-state index contributed by atoms with van der Waals surface area (Å²) in [6, 6.07) is 0. The van der Waals surface area contributed by atoms with Gasteiger partial charge in [0.05, 0.1) is 12.3 Å². The molecule has 1 aliphatic heterocycles. The number of carbonyl (C=O) groups is 1. The molecule has 0 atom stereocenters. The van der Waals surface area contributed by atoms with Crippen LogP contribution in [0, 0.1) is 5.92 Å². The Morgan fingerprint density at radius 1 is 1.24 bits per heavy atom. The Kier molecular flexibility index (Phi) is 12.5. The summed E-state index contributed by atoms with van der Waals surface area (Å²) in [5, 5.41) is 3.25. The Morgan fingerprint density at radius 2 is 1.83 bits per heavy atom. The second-order valence-corrected chi connectivity index (χ2v) is 10.6. The van der Waals surface area contributed by atoms with Gasteiger partial charge < -0.3 is 19.9 Å². The van der Waals surface area contributed by atoms with Crippen molar-refractivity contribution < 1.29 is 17.9 Å². The van der Waals surface area contributed by atoms with Crippen LogP contribution in [0.15, 0.2) is 4.99 Å². The fourth-order valence-electron chi connectivity index (χ4n) is 3.04. The summed E-state index contributed by atoms with van der Waals surface area (Å²) in [5.74, 6) is 1.24. The molecule has 8 nitrogen and oxygen atoms in total. The molecule has 1 saturated heterocycles. The molecule has 1 rings (SSSR count). The number of guanidine groups is 1. The van der Waals surface area contributed by atoms with Gasteiger partial charge in [0.1, 0.15) is 15.4 Å². The van der Waals surface area contributed by atoms with Gasteiger partial charge in [-0.15, -0.1) is 24.0 Å². The smallest absolute Gasteiger partial charge is 0.410 e. The first-order valence-electron chi connectivity index (χ1n) is 10.1. The molecule has 1 heterocycles. The fourth-order valence-corrected chi connectivity index (χ4v) is 3.46. The summed E-state index contributed by atoms with van der Waals surface area (Å²) in [6.45, 7) is 13.6. The molecule has 0 bridgehead atoms. The molecule has 0 unspecified atom stereocenters. The van der Waals surface area contributed by atoms with E-state index in [0.29, 0.717) is 19.0 Å². The van der Waals surface area contributed by atoms with Crippen LogP contribution in [-0.4, -0.2) is 87.1 Å². The largest absolute Gasteiger partial charge is 0.444 e. The molecule has 172 valence electrons. The van der Waals surface area contributed by atoms with Crippen molar-refractivity contribution in [3.8, 4) is 0 Å². The molecule has 0 aromatic heterocycles. The van der Waals surface area contributed by atoms with E-state index in [-0.39, 0.29) is 42.4 Å². The van der Waals surface area contributed by atoms with Crippen LogP contribution in [0.4, 0.5) is 4.79 Å². The van der Waals surface area contributed by atoms with Gasteiger partial charge in [-0.25, -0.2) is 13.2 Å². The third kappa shape index (κ3) is 11.9. The number of hydrogen-bond acceptors (Lipinski definition) is 5. The summed E-state index contributed by atoms with van der Waals surface area (Å²) < 4.78 is 28.1. The second-order valence-electron chi connectivity index (χ2n) is 8.31. The van der Waals surface area contributed by atoms with Gasteiger partial charge in [-0.3, -0.25) is 4.99 Å². The predicted octanol–water partition coefficient (Wildman–Crippen LogP) is 2.58. The van der Waals surface area contributed by atoms with Gasteiger partial charge in [0, 0.05) is 39.0 Å². The predicted molar refractivity (Wildman–Crippen MR) is 129 cm³/mol. The van der Waals surface area contributed by atoms with E-state index in [1.807, 2.05) is 34.6 Å². The van der Waals surface area contributed by atoms with Crippen molar-refractivity contribution in [2.75, 3.05) is 51.3 Å². The second kappa shape index (κ2) is 12.8. The monoisotopic (exact) mass is 546 g/mol. The maximum atomic E-state index is 12.3. The highest BCUT2D eigenvalue weighted by Crippen LogP contribution is 2.20. The van der Waals surface area contributed by atoms with E-state index in [1.54, 1.807) is 4.90 Å². The summed E-state index contributed by atoms with van der Waals surface area (Å²) in [5.41, 5.74) is -0.489. The van der Waals surface area contributed by atoms with Crippen molar-refractivity contribution in [1.29, 1.82) is 0 Å². The number of piperidine rings is 1. The SMILES string of the molecule is CCNC(=NCCS(C)(=O)=O)N1CCC(CN(CC)C(=O)OC(C)(C)C)CC1.I. The minimum absolute atomic E-state index is 0. The van der Waals surface area contributed by atoms with Gasteiger partial charge >= 0.3 is 6.09 Å². The Hall–Kier alpha value is -0.780. The topological polar surface area (TPSA) is 91.3 Å². The Balaban J connectivity index is 0.00000784. The van der Waals surface area contributed by atoms with Gasteiger partial charge in [-0.05, 0) is 53.4 Å². The molecule has 0 radical (unpaired) electrons. The number of hydrogen-bond donors (Lipinski definition) is 1. The first kappa shape index (κ1) is 28.2. The van der Waals surface area contributed by atoms with Crippen LogP contribution in [0.2, 0.25) is 0 Å². The average Bonchev–Trinajstić information content (AvgIpc) is 2.57. The van der Waals surface area contributed by atoms with Gasteiger partial charge in [-0.1, -0.05) is 0 Å². The number of likely N-dealkylation sites (tertiary alicyclic amines) is 1. The van der Waals surface area contributed by atoms with E-state index >= 15 is 0 Å². The molecule has 0 spiro atoms. The lowest BCUT2D eigenvalue weighted by Crippen LogP contribution is -2.48. The van der Waals surface area contributed by atoms with Gasteiger partial charge in [0.25, 0.3) is 0 Å². The van der Waals surface area contributed by atoms with E-state index < -0.39 is 15.4 Å². The Morgan fingerprint density at radius 3 is 2.28 bits per heavy atom. The fraction of sp³-hybridized carbons (Fsp3) is 0.895. The summed E-state index contributed by atoms with van der Waals surface area (Å²) in [4.78, 5) is 20.7. The van der Waals surface area contributed by atoms with E-state index in [9.17, 15) is 13.2 Å². The first-order chi connectivity index (χ1) is 12.9. The van der Waals surface area contributed by atoms with Gasteiger partial charge in [-0.2, -0.15) is 0 Å². The highest BCUT2D eigenvalue weighted by Gasteiger charge is 2.27. The third-order valence-electron chi connectivity index (χ3n) is 4.48. The van der Waals surface area contributed by atoms with Crippen molar-refractivity contribution in [2.24, 2.45) is 10.9 Å². The third-order valence-corrected chi connectivity index (χ3v) is 5.41.